The van der Waals surface area contributed by atoms with Gasteiger partial charge in [-0.1, -0.05) is 27.2 Å². The van der Waals surface area contributed by atoms with Crippen LogP contribution in [0.3, 0.4) is 0 Å². The maximum Gasteiger partial charge on any atom is 0.234 e. The first-order valence-electron chi connectivity index (χ1n) is 3.32. The van der Waals surface area contributed by atoms with Crippen molar-refractivity contribution in [3.8, 4) is 0 Å². The van der Waals surface area contributed by atoms with E-state index in [1.54, 1.807) is 0 Å². The van der Waals surface area contributed by atoms with Gasteiger partial charge in [0, 0.05) is 0 Å². The van der Waals surface area contributed by atoms with Crippen LogP contribution >= 0.6 is 0 Å². The lowest BCUT2D eigenvalue weighted by atomic mass is 10.6. The first kappa shape index (κ1) is 8.15. The quantitative estimate of drug-likeness (QED) is 0.411. The lowest BCUT2D eigenvalue weighted by molar-refractivity contribution is 0.755. The second-order valence-electron chi connectivity index (χ2n) is 2.55. The summed E-state index contributed by atoms with van der Waals surface area (Å²) in [6.45, 7) is 6.00. The molecule has 0 radical (unpaired) electrons. The molecule has 0 bridgehead atoms. The maximum atomic E-state index is 12.7. The van der Waals surface area contributed by atoms with E-state index in [0.717, 1.165) is 12.5 Å². The average Bonchev–Trinajstić information content (AvgIpc) is 1.67. The Morgan fingerprint density at radius 3 is 2.12 bits per heavy atom. The van der Waals surface area contributed by atoms with E-state index >= 15 is 0 Å². The Bertz CT molecular complexity index is 54.5. The summed E-state index contributed by atoms with van der Waals surface area (Å²) in [5, 5.41) is 0. The molecule has 0 aliphatic carbocycles. The van der Waals surface area contributed by atoms with Gasteiger partial charge < -0.3 is 4.11 Å². The van der Waals surface area contributed by atoms with Crippen LogP contribution in [-0.4, -0.2) is 9.13 Å². The van der Waals surface area contributed by atoms with Gasteiger partial charge in [-0.15, -0.1) is 0 Å². The van der Waals surface area contributed by atoms with Crippen LogP contribution in [0.15, 0.2) is 0 Å². The van der Waals surface area contributed by atoms with Crippen LogP contribution in [-0.2, 0) is 0 Å². The molecule has 0 aliphatic heterocycles. The Kier molecular flexibility index (Phi) is 4.14. The highest BCUT2D eigenvalue weighted by molar-refractivity contribution is 6.52. The molecule has 0 aliphatic rings. The van der Waals surface area contributed by atoms with Gasteiger partial charge in [0.15, 0.2) is 0 Å². The van der Waals surface area contributed by atoms with Crippen molar-refractivity contribution in [2.75, 3.05) is 0 Å². The van der Waals surface area contributed by atoms with Crippen LogP contribution in [0, 0.1) is 0 Å². The third kappa shape index (κ3) is 3.19. The topological polar surface area (TPSA) is 0 Å². The highest BCUT2D eigenvalue weighted by Gasteiger charge is 2.11. The van der Waals surface area contributed by atoms with Crippen LogP contribution in [0.25, 0.3) is 0 Å². The minimum atomic E-state index is -1.78. The molecular formula is C6H15FSi. The standard InChI is InChI=1S/C6H15FSi/c1-4-5-8(7)6(2)3/h6,8H,4-5H2,1-3H3. The van der Waals surface area contributed by atoms with Crippen molar-refractivity contribution in [2.45, 2.75) is 38.8 Å². The number of rotatable bonds is 3. The Morgan fingerprint density at radius 1 is 1.50 bits per heavy atom. The number of halogens is 1. The molecule has 0 nitrogen and oxygen atoms in total. The van der Waals surface area contributed by atoms with Gasteiger partial charge in [0.25, 0.3) is 0 Å². The second-order valence-corrected chi connectivity index (χ2v) is 5.49. The normalized spacial score (nSPS) is 14.6. The summed E-state index contributed by atoms with van der Waals surface area (Å²) in [6, 6.07) is 0.859. The molecule has 0 N–H and O–H groups in total. The first-order chi connectivity index (χ1) is 3.68. The Labute approximate surface area is 52.9 Å². The molecule has 0 aromatic carbocycles. The molecule has 0 heterocycles. The predicted molar refractivity (Wildman–Crippen MR) is 38.5 cm³/mol. The number of hydrogen-bond acceptors (Lipinski definition) is 0. The molecule has 50 valence electrons. The zero-order valence-corrected chi connectivity index (χ0v) is 7.10. The van der Waals surface area contributed by atoms with Crippen molar-refractivity contribution in [3.05, 3.63) is 0 Å². The van der Waals surface area contributed by atoms with Gasteiger partial charge in [0.1, 0.15) is 0 Å². The van der Waals surface area contributed by atoms with Gasteiger partial charge in [-0.25, -0.2) is 0 Å². The van der Waals surface area contributed by atoms with Gasteiger partial charge >= 0.3 is 0 Å². The lowest BCUT2D eigenvalue weighted by Crippen LogP contribution is -2.08. The minimum absolute atomic E-state index is 0.343. The third-order valence-electron chi connectivity index (χ3n) is 1.29. The van der Waals surface area contributed by atoms with Crippen molar-refractivity contribution in [2.24, 2.45) is 0 Å². The summed E-state index contributed by atoms with van der Waals surface area (Å²) in [5.41, 5.74) is 0.343. The van der Waals surface area contributed by atoms with E-state index in [-0.39, 0.29) is 0 Å². The molecule has 0 rings (SSSR count). The van der Waals surface area contributed by atoms with E-state index in [9.17, 15) is 4.11 Å². The van der Waals surface area contributed by atoms with Crippen LogP contribution in [0.1, 0.15) is 27.2 Å². The fourth-order valence-corrected chi connectivity index (χ4v) is 1.83. The molecule has 0 aromatic heterocycles. The van der Waals surface area contributed by atoms with E-state index in [4.69, 9.17) is 0 Å². The van der Waals surface area contributed by atoms with Gasteiger partial charge in [-0.2, -0.15) is 0 Å². The first-order valence-corrected chi connectivity index (χ1v) is 5.24. The predicted octanol–water partition coefficient (Wildman–Crippen LogP) is 2.50. The van der Waals surface area contributed by atoms with Crippen LogP contribution in [0.5, 0.6) is 0 Å². The second kappa shape index (κ2) is 4.07. The Balaban J connectivity index is 3.17. The minimum Gasteiger partial charge on any atom is -0.318 e. The Hall–Kier alpha value is 0.147. The molecular weight excluding hydrogens is 119 g/mol. The lowest BCUT2D eigenvalue weighted by Gasteiger charge is -2.05. The fourth-order valence-electron chi connectivity index (χ4n) is 0.609. The molecule has 0 saturated carbocycles. The zero-order valence-electron chi connectivity index (χ0n) is 5.95. The van der Waals surface area contributed by atoms with Crippen molar-refractivity contribution in [1.29, 1.82) is 0 Å². The van der Waals surface area contributed by atoms with E-state index in [0.29, 0.717) is 5.54 Å². The summed E-state index contributed by atoms with van der Waals surface area (Å²) in [7, 11) is -1.78. The summed E-state index contributed by atoms with van der Waals surface area (Å²) in [6.07, 6.45) is 1.02. The van der Waals surface area contributed by atoms with Gasteiger partial charge in [0.2, 0.25) is 9.13 Å². The highest BCUT2D eigenvalue weighted by atomic mass is 28.3. The van der Waals surface area contributed by atoms with E-state index in [1.165, 1.54) is 0 Å². The van der Waals surface area contributed by atoms with Crippen molar-refractivity contribution in [1.82, 2.24) is 0 Å². The summed E-state index contributed by atoms with van der Waals surface area (Å²) in [4.78, 5) is 0. The summed E-state index contributed by atoms with van der Waals surface area (Å²) < 4.78 is 12.7. The molecule has 2 heteroatoms. The van der Waals surface area contributed by atoms with E-state index in [1.807, 2.05) is 20.8 Å². The summed E-state index contributed by atoms with van der Waals surface area (Å²) >= 11 is 0. The highest BCUT2D eigenvalue weighted by Crippen LogP contribution is 2.13. The molecule has 0 aromatic rings. The molecule has 0 amide bonds. The number of hydrogen-bond donors (Lipinski definition) is 0. The fraction of sp³-hybridized carbons (Fsp3) is 1.00. The monoisotopic (exact) mass is 134 g/mol. The molecule has 1 unspecified atom stereocenters. The summed E-state index contributed by atoms with van der Waals surface area (Å²) in [5.74, 6) is 0. The van der Waals surface area contributed by atoms with Gasteiger partial charge in [-0.3, -0.25) is 0 Å². The van der Waals surface area contributed by atoms with Gasteiger partial charge in [0.05, 0.1) is 0 Å². The smallest absolute Gasteiger partial charge is 0.234 e. The molecule has 0 saturated heterocycles. The SMILES string of the molecule is CCC[SiH](F)C(C)C. The maximum absolute atomic E-state index is 12.7. The zero-order chi connectivity index (χ0) is 6.57. The van der Waals surface area contributed by atoms with Crippen molar-refractivity contribution in [3.63, 3.8) is 0 Å². The van der Waals surface area contributed by atoms with Crippen LogP contribution < -0.4 is 0 Å². The molecule has 8 heavy (non-hydrogen) atoms. The van der Waals surface area contributed by atoms with Gasteiger partial charge in [-0.05, 0) is 11.6 Å². The van der Waals surface area contributed by atoms with Crippen molar-refractivity contribution < 1.29 is 4.11 Å². The Morgan fingerprint density at radius 2 is 2.00 bits per heavy atom. The molecule has 0 spiro atoms. The third-order valence-corrected chi connectivity index (χ3v) is 3.86. The van der Waals surface area contributed by atoms with E-state index < -0.39 is 9.13 Å². The van der Waals surface area contributed by atoms with Crippen molar-refractivity contribution >= 4 is 9.13 Å². The largest absolute Gasteiger partial charge is 0.318 e. The molecule has 0 fully saturated rings. The van der Waals surface area contributed by atoms with Crippen LogP contribution in [0.2, 0.25) is 11.6 Å². The van der Waals surface area contributed by atoms with Crippen LogP contribution in [0.4, 0.5) is 4.11 Å². The molecule has 1 atom stereocenters. The average molecular weight is 134 g/mol. The van der Waals surface area contributed by atoms with E-state index in [2.05, 4.69) is 0 Å².